The van der Waals surface area contributed by atoms with Gasteiger partial charge >= 0.3 is 5.97 Å². The van der Waals surface area contributed by atoms with Crippen molar-refractivity contribution in [2.75, 3.05) is 13.7 Å². The van der Waals surface area contributed by atoms with Crippen molar-refractivity contribution in [3.8, 4) is 33.9 Å². The van der Waals surface area contributed by atoms with Crippen molar-refractivity contribution in [3.63, 3.8) is 0 Å². The zero-order valence-electron chi connectivity index (χ0n) is 23.5. The first-order valence-electron chi connectivity index (χ1n) is 13.7. The molecule has 41 heavy (non-hydrogen) atoms. The molecule has 6 rings (SSSR count). The molecule has 1 aliphatic carbocycles. The third-order valence-electron chi connectivity index (χ3n) is 8.26. The summed E-state index contributed by atoms with van der Waals surface area (Å²) in [6.07, 6.45) is 2.64. The lowest BCUT2D eigenvalue weighted by molar-refractivity contribution is -0.141. The van der Waals surface area contributed by atoms with Gasteiger partial charge in [0.15, 0.2) is 0 Å². The van der Waals surface area contributed by atoms with E-state index in [1.54, 1.807) is 13.1 Å². The number of benzene rings is 3. The maximum atomic E-state index is 15.4. The molecule has 0 spiro atoms. The van der Waals surface area contributed by atoms with E-state index in [1.165, 1.54) is 24.1 Å². The number of aryl methyl sites for hydroxylation is 2. The normalized spacial score (nSPS) is 17.1. The standard InChI is InChI=1S/C33H31FN2O5/c1-18-5-7-22(27-15-30(37)36(3)17-35-27)19(2)32(18)24-9-11-26(34)33-25(24)10-12-28(33)41-21-6-8-23-20(13-31(38)39-4)16-40-29(23)14-21/h5-9,11,14-15,17,20,28H,10,12-13,16H2,1-4H3/t20-,28-/m1/s1. The number of rotatable bonds is 6. The lowest BCUT2D eigenvalue weighted by Gasteiger charge is -2.19. The summed E-state index contributed by atoms with van der Waals surface area (Å²) in [5.41, 5.74) is 7.84. The zero-order valence-corrected chi connectivity index (χ0v) is 23.5. The lowest BCUT2D eigenvalue weighted by Crippen LogP contribution is -2.16. The number of aromatic nitrogens is 2. The molecule has 0 saturated carbocycles. The Labute approximate surface area is 237 Å². The molecule has 2 atom stereocenters. The van der Waals surface area contributed by atoms with Crippen LogP contribution >= 0.6 is 0 Å². The number of carbonyl (C=O) groups excluding carboxylic acids is 1. The second-order valence-electron chi connectivity index (χ2n) is 10.8. The molecule has 2 aliphatic rings. The number of carbonyl (C=O) groups is 1. The number of halogens is 1. The van der Waals surface area contributed by atoms with Crippen LogP contribution in [0.15, 0.2) is 59.7 Å². The van der Waals surface area contributed by atoms with Crippen molar-refractivity contribution >= 4 is 5.97 Å². The van der Waals surface area contributed by atoms with Crippen LogP contribution in [0.1, 0.15) is 52.7 Å². The van der Waals surface area contributed by atoms with Gasteiger partial charge in [0, 0.05) is 41.8 Å². The first-order chi connectivity index (χ1) is 19.7. The van der Waals surface area contributed by atoms with Crippen LogP contribution in [-0.4, -0.2) is 29.2 Å². The highest BCUT2D eigenvalue weighted by Gasteiger charge is 2.32. The van der Waals surface area contributed by atoms with Gasteiger partial charge in [0.1, 0.15) is 23.4 Å². The summed E-state index contributed by atoms with van der Waals surface area (Å²) in [6.45, 7) is 4.47. The maximum absolute atomic E-state index is 15.4. The van der Waals surface area contributed by atoms with Crippen LogP contribution in [0.25, 0.3) is 22.4 Å². The van der Waals surface area contributed by atoms with E-state index >= 15 is 4.39 Å². The van der Waals surface area contributed by atoms with E-state index in [2.05, 4.69) is 4.98 Å². The van der Waals surface area contributed by atoms with Gasteiger partial charge in [-0.2, -0.15) is 0 Å². The predicted molar refractivity (Wildman–Crippen MR) is 153 cm³/mol. The van der Waals surface area contributed by atoms with E-state index in [1.807, 2.05) is 50.2 Å². The Morgan fingerprint density at radius 2 is 1.93 bits per heavy atom. The molecular formula is C33H31FN2O5. The summed E-state index contributed by atoms with van der Waals surface area (Å²) in [6, 6.07) is 14.5. The molecule has 0 radical (unpaired) electrons. The van der Waals surface area contributed by atoms with E-state index < -0.39 is 6.10 Å². The number of nitrogens with zero attached hydrogens (tertiary/aromatic N) is 2. The summed E-state index contributed by atoms with van der Waals surface area (Å²) >= 11 is 0. The van der Waals surface area contributed by atoms with Gasteiger partial charge in [-0.15, -0.1) is 0 Å². The van der Waals surface area contributed by atoms with Crippen molar-refractivity contribution in [1.29, 1.82) is 0 Å². The molecule has 1 aromatic heterocycles. The average molecular weight is 555 g/mol. The summed E-state index contributed by atoms with van der Waals surface area (Å²) in [5, 5.41) is 0. The number of hydrogen-bond donors (Lipinski definition) is 0. The number of hydrogen-bond acceptors (Lipinski definition) is 6. The second-order valence-corrected chi connectivity index (χ2v) is 10.8. The van der Waals surface area contributed by atoms with Gasteiger partial charge in [-0.05, 0) is 66.6 Å². The van der Waals surface area contributed by atoms with Crippen LogP contribution in [0.5, 0.6) is 11.5 Å². The van der Waals surface area contributed by atoms with E-state index in [-0.39, 0.29) is 29.7 Å². The molecule has 3 aromatic carbocycles. The fraction of sp³-hybridized carbons (Fsp3) is 0.303. The largest absolute Gasteiger partial charge is 0.492 e. The van der Waals surface area contributed by atoms with E-state index in [0.717, 1.165) is 38.9 Å². The summed E-state index contributed by atoms with van der Waals surface area (Å²) in [4.78, 5) is 28.5. The fourth-order valence-corrected chi connectivity index (χ4v) is 6.12. The first-order valence-corrected chi connectivity index (χ1v) is 13.7. The van der Waals surface area contributed by atoms with Crippen LogP contribution < -0.4 is 15.0 Å². The fourth-order valence-electron chi connectivity index (χ4n) is 6.12. The molecular weight excluding hydrogens is 523 g/mol. The maximum Gasteiger partial charge on any atom is 0.306 e. The van der Waals surface area contributed by atoms with Crippen LogP contribution in [0, 0.1) is 19.7 Å². The van der Waals surface area contributed by atoms with E-state index in [9.17, 15) is 9.59 Å². The van der Waals surface area contributed by atoms with Crippen LogP contribution in [0.2, 0.25) is 0 Å². The molecule has 7 nitrogen and oxygen atoms in total. The second kappa shape index (κ2) is 10.5. The van der Waals surface area contributed by atoms with Gasteiger partial charge in [-0.25, -0.2) is 9.37 Å². The highest BCUT2D eigenvalue weighted by atomic mass is 19.1. The van der Waals surface area contributed by atoms with Gasteiger partial charge in [0.05, 0.1) is 32.2 Å². The molecule has 0 fully saturated rings. The van der Waals surface area contributed by atoms with Crippen LogP contribution in [-0.2, 0) is 23.0 Å². The van der Waals surface area contributed by atoms with Crippen molar-refractivity contribution in [2.24, 2.45) is 7.05 Å². The Bertz CT molecular complexity index is 1740. The third-order valence-corrected chi connectivity index (χ3v) is 8.26. The third kappa shape index (κ3) is 4.77. The molecule has 8 heteroatoms. The Hall–Kier alpha value is -4.46. The van der Waals surface area contributed by atoms with Gasteiger partial charge in [0.2, 0.25) is 0 Å². The number of fused-ring (bicyclic) bond motifs is 2. The SMILES string of the molecule is COC(=O)C[C@@H]1COc2cc(O[C@@H]3CCc4c(-c5c(C)ccc(-c6cc(=O)n(C)cn6)c5C)ccc(F)c43)ccc21. The molecule has 0 bridgehead atoms. The van der Waals surface area contributed by atoms with E-state index in [4.69, 9.17) is 14.2 Å². The molecule has 0 unspecified atom stereocenters. The zero-order chi connectivity index (χ0) is 28.8. The van der Waals surface area contributed by atoms with Gasteiger partial charge < -0.3 is 18.8 Å². The highest BCUT2D eigenvalue weighted by molar-refractivity contribution is 5.82. The Morgan fingerprint density at radius 3 is 2.71 bits per heavy atom. The molecule has 210 valence electrons. The molecule has 1 aliphatic heterocycles. The lowest BCUT2D eigenvalue weighted by atomic mass is 9.87. The molecule has 0 saturated heterocycles. The van der Waals surface area contributed by atoms with Crippen LogP contribution in [0.4, 0.5) is 4.39 Å². The summed E-state index contributed by atoms with van der Waals surface area (Å²) in [7, 11) is 3.05. The Balaban J connectivity index is 1.33. The molecule has 2 heterocycles. The molecule has 4 aromatic rings. The topological polar surface area (TPSA) is 79.7 Å². The van der Waals surface area contributed by atoms with Crippen molar-refractivity contribution in [1.82, 2.24) is 9.55 Å². The Kier molecular flexibility index (Phi) is 6.85. The van der Waals surface area contributed by atoms with Crippen molar-refractivity contribution in [2.45, 2.75) is 45.1 Å². The van der Waals surface area contributed by atoms with Crippen molar-refractivity contribution in [3.05, 3.63) is 98.8 Å². The molecule has 0 N–H and O–H groups in total. The van der Waals surface area contributed by atoms with E-state index in [0.29, 0.717) is 42.2 Å². The Morgan fingerprint density at radius 1 is 1.12 bits per heavy atom. The summed E-state index contributed by atoms with van der Waals surface area (Å²) < 4.78 is 33.8. The molecule has 0 amide bonds. The number of ether oxygens (including phenoxy) is 3. The van der Waals surface area contributed by atoms with Gasteiger partial charge in [-0.1, -0.05) is 24.3 Å². The van der Waals surface area contributed by atoms with Crippen molar-refractivity contribution < 1.29 is 23.4 Å². The predicted octanol–water partition coefficient (Wildman–Crippen LogP) is 5.98. The number of esters is 1. The van der Waals surface area contributed by atoms with Gasteiger partial charge in [0.25, 0.3) is 5.56 Å². The minimum absolute atomic E-state index is 0.0601. The van der Waals surface area contributed by atoms with Crippen LogP contribution in [0.3, 0.4) is 0 Å². The number of methoxy groups -OCH3 is 1. The highest BCUT2D eigenvalue weighted by Crippen LogP contribution is 2.45. The minimum atomic E-state index is -0.446. The quantitative estimate of drug-likeness (QED) is 0.273. The minimum Gasteiger partial charge on any atom is -0.492 e. The smallest absolute Gasteiger partial charge is 0.306 e. The average Bonchev–Trinajstić information content (AvgIpc) is 3.56. The summed E-state index contributed by atoms with van der Waals surface area (Å²) in [5.74, 6) is 0.643. The first kappa shape index (κ1) is 26.7. The van der Waals surface area contributed by atoms with Gasteiger partial charge in [-0.3, -0.25) is 9.59 Å². The monoisotopic (exact) mass is 554 g/mol.